The van der Waals surface area contributed by atoms with E-state index in [1.54, 1.807) is 19.2 Å². The van der Waals surface area contributed by atoms with Gasteiger partial charge in [-0.25, -0.2) is 0 Å². The normalized spacial score (nSPS) is 25.6. The van der Waals surface area contributed by atoms with E-state index in [1.807, 2.05) is 0 Å². The number of ketones is 1. The van der Waals surface area contributed by atoms with Crippen molar-refractivity contribution in [3.63, 3.8) is 0 Å². The first kappa shape index (κ1) is 13.8. The molecule has 2 atom stereocenters. The van der Waals surface area contributed by atoms with E-state index in [1.165, 1.54) is 14.0 Å². The number of hydrogen-bond donors (Lipinski definition) is 2. The molecule has 0 fully saturated rings. The van der Waals surface area contributed by atoms with Crippen LogP contribution in [0.5, 0.6) is 11.5 Å². The molecule has 0 aromatic heterocycles. The van der Waals surface area contributed by atoms with Crippen molar-refractivity contribution in [2.75, 3.05) is 14.2 Å². The van der Waals surface area contributed by atoms with Crippen molar-refractivity contribution in [1.82, 2.24) is 0 Å². The third-order valence-corrected chi connectivity index (χ3v) is 3.81. The summed E-state index contributed by atoms with van der Waals surface area (Å²) in [7, 11) is 3.02. The van der Waals surface area contributed by atoms with Crippen molar-refractivity contribution >= 4 is 5.78 Å². The van der Waals surface area contributed by atoms with Crippen LogP contribution in [0.1, 0.15) is 30.6 Å². The smallest absolute Gasteiger partial charge is 0.164 e. The van der Waals surface area contributed by atoms with Crippen LogP contribution < -0.4 is 9.47 Å². The highest BCUT2D eigenvalue weighted by Gasteiger charge is 2.47. The molecule has 5 heteroatoms. The Morgan fingerprint density at radius 3 is 2.42 bits per heavy atom. The standard InChI is InChI=1S/C14H18O5/c1-8(15)14(17)7-6-9-10(18-2)4-5-11(19-3)12(9)13(14)16/h4-5,13,16-17H,6-7H2,1-3H3. The SMILES string of the molecule is COc1ccc(OC)c2c1CCC(O)(C(C)=O)C2O. The Hall–Kier alpha value is -1.59. The summed E-state index contributed by atoms with van der Waals surface area (Å²) in [5, 5.41) is 20.7. The molecule has 0 spiro atoms. The summed E-state index contributed by atoms with van der Waals surface area (Å²) in [5.41, 5.74) is -0.543. The molecule has 104 valence electrons. The van der Waals surface area contributed by atoms with Gasteiger partial charge in [-0.3, -0.25) is 4.79 Å². The van der Waals surface area contributed by atoms with Crippen LogP contribution in [0.25, 0.3) is 0 Å². The zero-order valence-corrected chi connectivity index (χ0v) is 11.3. The number of carbonyl (C=O) groups is 1. The summed E-state index contributed by atoms with van der Waals surface area (Å²) < 4.78 is 10.5. The third kappa shape index (κ3) is 1.99. The van der Waals surface area contributed by atoms with Gasteiger partial charge >= 0.3 is 0 Å². The molecule has 0 saturated carbocycles. The molecule has 0 radical (unpaired) electrons. The fourth-order valence-corrected chi connectivity index (χ4v) is 2.61. The number of ether oxygens (including phenoxy) is 2. The summed E-state index contributed by atoms with van der Waals surface area (Å²) >= 11 is 0. The predicted molar refractivity (Wildman–Crippen MR) is 68.5 cm³/mol. The van der Waals surface area contributed by atoms with Crippen LogP contribution in [-0.2, 0) is 11.2 Å². The number of aliphatic hydroxyl groups is 2. The van der Waals surface area contributed by atoms with Crippen molar-refractivity contribution in [1.29, 1.82) is 0 Å². The molecule has 1 aliphatic carbocycles. The van der Waals surface area contributed by atoms with E-state index in [2.05, 4.69) is 0 Å². The van der Waals surface area contributed by atoms with E-state index in [-0.39, 0.29) is 6.42 Å². The Morgan fingerprint density at radius 1 is 1.32 bits per heavy atom. The molecule has 1 aliphatic rings. The van der Waals surface area contributed by atoms with Crippen LogP contribution in [0.2, 0.25) is 0 Å². The molecule has 0 amide bonds. The van der Waals surface area contributed by atoms with Gasteiger partial charge < -0.3 is 19.7 Å². The van der Waals surface area contributed by atoms with Gasteiger partial charge in [0, 0.05) is 11.1 Å². The molecule has 2 rings (SSSR count). The van der Waals surface area contributed by atoms with Gasteiger partial charge in [0.15, 0.2) is 11.4 Å². The summed E-state index contributed by atoms with van der Waals surface area (Å²) in [6, 6.07) is 3.41. The third-order valence-electron chi connectivity index (χ3n) is 3.81. The number of fused-ring (bicyclic) bond motifs is 1. The van der Waals surface area contributed by atoms with Crippen LogP contribution >= 0.6 is 0 Å². The van der Waals surface area contributed by atoms with E-state index in [0.29, 0.717) is 23.5 Å². The van der Waals surface area contributed by atoms with Crippen LogP contribution in [0.4, 0.5) is 0 Å². The lowest BCUT2D eigenvalue weighted by Gasteiger charge is -2.37. The molecule has 0 bridgehead atoms. The number of hydrogen-bond acceptors (Lipinski definition) is 5. The van der Waals surface area contributed by atoms with E-state index >= 15 is 0 Å². The second kappa shape index (κ2) is 4.83. The maximum absolute atomic E-state index is 11.6. The van der Waals surface area contributed by atoms with Crippen LogP contribution in [0.3, 0.4) is 0 Å². The Morgan fingerprint density at radius 2 is 1.89 bits per heavy atom. The number of carbonyl (C=O) groups excluding carboxylic acids is 1. The molecular weight excluding hydrogens is 248 g/mol. The highest BCUT2D eigenvalue weighted by Crippen LogP contribution is 2.45. The van der Waals surface area contributed by atoms with Crippen molar-refractivity contribution in [3.05, 3.63) is 23.3 Å². The Kier molecular flexibility index (Phi) is 3.52. The van der Waals surface area contributed by atoms with Crippen molar-refractivity contribution in [3.8, 4) is 11.5 Å². The summed E-state index contributed by atoms with van der Waals surface area (Å²) in [6.45, 7) is 1.28. The van der Waals surface area contributed by atoms with E-state index in [0.717, 1.165) is 5.56 Å². The van der Waals surface area contributed by atoms with Crippen LogP contribution in [-0.4, -0.2) is 35.8 Å². The fraction of sp³-hybridized carbons (Fsp3) is 0.500. The average molecular weight is 266 g/mol. The number of aliphatic hydroxyl groups excluding tert-OH is 1. The fourth-order valence-electron chi connectivity index (χ4n) is 2.61. The summed E-state index contributed by atoms with van der Waals surface area (Å²) in [5.74, 6) is 0.624. The first-order chi connectivity index (χ1) is 8.95. The minimum atomic E-state index is -1.76. The molecular formula is C14H18O5. The van der Waals surface area contributed by atoms with Gasteiger partial charge in [0.1, 0.15) is 17.6 Å². The lowest BCUT2D eigenvalue weighted by Crippen LogP contribution is -2.46. The van der Waals surface area contributed by atoms with Gasteiger partial charge in [0.05, 0.1) is 14.2 Å². The van der Waals surface area contributed by atoms with E-state index in [4.69, 9.17) is 9.47 Å². The van der Waals surface area contributed by atoms with E-state index < -0.39 is 17.5 Å². The van der Waals surface area contributed by atoms with Crippen molar-refractivity contribution in [2.45, 2.75) is 31.5 Å². The van der Waals surface area contributed by atoms with Crippen LogP contribution in [0, 0.1) is 0 Å². The van der Waals surface area contributed by atoms with E-state index in [9.17, 15) is 15.0 Å². The van der Waals surface area contributed by atoms with Gasteiger partial charge in [0.2, 0.25) is 0 Å². The number of benzene rings is 1. The quantitative estimate of drug-likeness (QED) is 0.853. The monoisotopic (exact) mass is 266 g/mol. The Labute approximate surface area is 111 Å². The molecule has 1 aromatic carbocycles. The molecule has 0 saturated heterocycles. The number of methoxy groups -OCH3 is 2. The number of rotatable bonds is 3. The maximum Gasteiger partial charge on any atom is 0.164 e. The molecule has 19 heavy (non-hydrogen) atoms. The zero-order chi connectivity index (χ0) is 14.2. The molecule has 0 aliphatic heterocycles. The Balaban J connectivity index is 2.62. The van der Waals surface area contributed by atoms with Gasteiger partial charge in [-0.2, -0.15) is 0 Å². The van der Waals surface area contributed by atoms with Gasteiger partial charge in [0.25, 0.3) is 0 Å². The lowest BCUT2D eigenvalue weighted by atomic mass is 9.75. The van der Waals surface area contributed by atoms with Crippen molar-refractivity contribution < 1.29 is 24.5 Å². The first-order valence-electron chi connectivity index (χ1n) is 6.11. The minimum absolute atomic E-state index is 0.167. The molecule has 2 N–H and O–H groups in total. The zero-order valence-electron chi connectivity index (χ0n) is 11.3. The second-order valence-electron chi connectivity index (χ2n) is 4.75. The lowest BCUT2D eigenvalue weighted by molar-refractivity contribution is -0.151. The van der Waals surface area contributed by atoms with Gasteiger partial charge in [-0.1, -0.05) is 0 Å². The minimum Gasteiger partial charge on any atom is -0.496 e. The van der Waals surface area contributed by atoms with Crippen molar-refractivity contribution in [2.24, 2.45) is 0 Å². The molecule has 2 unspecified atom stereocenters. The Bertz CT molecular complexity index is 511. The highest BCUT2D eigenvalue weighted by molar-refractivity contribution is 5.86. The molecule has 0 heterocycles. The average Bonchev–Trinajstić information content (AvgIpc) is 2.41. The predicted octanol–water partition coefficient (Wildman–Crippen LogP) is 1.00. The largest absolute Gasteiger partial charge is 0.496 e. The molecule has 1 aromatic rings. The van der Waals surface area contributed by atoms with Gasteiger partial charge in [-0.15, -0.1) is 0 Å². The highest BCUT2D eigenvalue weighted by atomic mass is 16.5. The summed E-state index contributed by atoms with van der Waals surface area (Å²) in [4.78, 5) is 11.6. The molecule has 5 nitrogen and oxygen atoms in total. The summed E-state index contributed by atoms with van der Waals surface area (Å²) in [6.07, 6.45) is -0.693. The topological polar surface area (TPSA) is 76.0 Å². The van der Waals surface area contributed by atoms with Gasteiger partial charge in [-0.05, 0) is 31.9 Å². The van der Waals surface area contributed by atoms with Crippen LogP contribution in [0.15, 0.2) is 12.1 Å². The first-order valence-corrected chi connectivity index (χ1v) is 6.11. The number of Topliss-reactive ketones (excluding diaryl/α,β-unsaturated/α-hetero) is 1. The second-order valence-corrected chi connectivity index (χ2v) is 4.75. The maximum atomic E-state index is 11.6.